The first-order valence-electron chi connectivity index (χ1n) is 10.0. The average Bonchev–Trinajstić information content (AvgIpc) is 2.78. The van der Waals surface area contributed by atoms with E-state index in [2.05, 4.69) is 42.5 Å². The lowest BCUT2D eigenvalue weighted by molar-refractivity contribution is -0.135. The van der Waals surface area contributed by atoms with Crippen LogP contribution in [-0.2, 0) is 4.79 Å². The minimum Gasteiger partial charge on any atom is -0.593 e. The quantitative estimate of drug-likeness (QED) is 0.279. The van der Waals surface area contributed by atoms with Crippen molar-refractivity contribution in [2.75, 3.05) is 11.9 Å². The molecule has 1 amide bonds. The second-order valence-electron chi connectivity index (χ2n) is 7.50. The van der Waals surface area contributed by atoms with Gasteiger partial charge in [-0.3, -0.25) is 9.59 Å². The van der Waals surface area contributed by atoms with E-state index in [1.165, 1.54) is 0 Å². The number of ether oxygens (including phenoxy) is 1. The first kappa shape index (κ1) is 24.6. The molecule has 0 spiro atoms. The summed E-state index contributed by atoms with van der Waals surface area (Å²) in [7, 11) is 0. The standard InChI is InChI=1S/C24H22Br2N2O5/c1-13(2)16-10-15(8-9-19(16)29)33-23-18(25)11-17(24(32)27-12-20(30)31)22(21(23)26)28-14-6-4-3-5-7-14/h3-11,13,28-29H,12H2,1-2H3,(H,27,32)(H,30,31)/p+1. The van der Waals surface area contributed by atoms with Crippen molar-refractivity contribution in [3.8, 4) is 17.2 Å². The molecule has 0 atom stereocenters. The second-order valence-corrected chi connectivity index (χ2v) is 9.14. The topological polar surface area (TPSA) is 111 Å². The molecule has 0 aliphatic heterocycles. The Morgan fingerprint density at radius 3 is 2.42 bits per heavy atom. The Labute approximate surface area is 208 Å². The third kappa shape index (κ3) is 6.06. The van der Waals surface area contributed by atoms with Crippen LogP contribution in [0.1, 0.15) is 35.7 Å². The molecule has 7 nitrogen and oxygen atoms in total. The van der Waals surface area contributed by atoms with Crippen molar-refractivity contribution in [2.45, 2.75) is 19.8 Å². The van der Waals surface area contributed by atoms with E-state index in [1.54, 1.807) is 18.2 Å². The molecule has 0 saturated carbocycles. The molecule has 3 aromatic carbocycles. The monoisotopic (exact) mass is 577 g/mol. The van der Waals surface area contributed by atoms with Gasteiger partial charge in [-0.05, 0) is 68.1 Å². The van der Waals surface area contributed by atoms with Gasteiger partial charge in [-0.2, -0.15) is 0 Å². The number of hydrogen-bond acceptors (Lipinski definition) is 4. The molecular formula is C24H23Br2N2O5+. The summed E-state index contributed by atoms with van der Waals surface area (Å²) in [5.74, 6) is -0.126. The van der Waals surface area contributed by atoms with Gasteiger partial charge in [0.1, 0.15) is 12.3 Å². The van der Waals surface area contributed by atoms with Crippen LogP contribution < -0.4 is 15.4 Å². The normalized spacial score (nSPS) is 10.7. The zero-order valence-electron chi connectivity index (χ0n) is 17.9. The van der Waals surface area contributed by atoms with Crippen molar-refractivity contribution in [2.24, 2.45) is 0 Å². The number of benzene rings is 3. The Kier molecular flexibility index (Phi) is 7.99. The van der Waals surface area contributed by atoms with E-state index in [-0.39, 0.29) is 11.5 Å². The van der Waals surface area contributed by atoms with Crippen molar-refractivity contribution < 1.29 is 24.5 Å². The van der Waals surface area contributed by atoms with Crippen LogP contribution in [0.4, 0.5) is 11.4 Å². The minimum absolute atomic E-state index is 0.156. The first-order chi connectivity index (χ1) is 15.7. The van der Waals surface area contributed by atoms with Gasteiger partial charge in [-0.1, -0.05) is 32.0 Å². The van der Waals surface area contributed by atoms with Gasteiger partial charge >= 0.3 is 5.97 Å². The van der Waals surface area contributed by atoms with E-state index in [0.29, 0.717) is 31.9 Å². The number of carboxylic acids is 1. The lowest BCUT2D eigenvalue weighted by Gasteiger charge is -2.19. The summed E-state index contributed by atoms with van der Waals surface area (Å²) in [5, 5.41) is 22.6. The van der Waals surface area contributed by atoms with E-state index < -0.39 is 18.4 Å². The van der Waals surface area contributed by atoms with Crippen molar-refractivity contribution in [3.63, 3.8) is 0 Å². The van der Waals surface area contributed by atoms with Crippen LogP contribution in [0.2, 0.25) is 0 Å². The number of aliphatic carboxylic acids is 1. The molecule has 3 aromatic rings. The lowest BCUT2D eigenvalue weighted by atomic mass is 10.0. The van der Waals surface area contributed by atoms with E-state index in [1.807, 2.05) is 50.2 Å². The maximum atomic E-state index is 12.8. The van der Waals surface area contributed by atoms with Gasteiger partial charge in [-0.15, -0.1) is 0 Å². The third-order valence-electron chi connectivity index (χ3n) is 4.73. The second kappa shape index (κ2) is 10.7. The maximum Gasteiger partial charge on any atom is 0.322 e. The number of carbonyl (C=O) groups is 2. The molecule has 0 heterocycles. The van der Waals surface area contributed by atoms with Gasteiger partial charge in [0.15, 0.2) is 5.75 Å². The van der Waals surface area contributed by atoms with Crippen LogP contribution in [0.15, 0.2) is 63.5 Å². The summed E-state index contributed by atoms with van der Waals surface area (Å²) in [6, 6.07) is 16.1. The molecule has 0 aromatic heterocycles. The van der Waals surface area contributed by atoms with Crippen molar-refractivity contribution in [1.82, 2.24) is 5.32 Å². The van der Waals surface area contributed by atoms with Crippen molar-refractivity contribution in [3.05, 3.63) is 74.7 Å². The number of nitrogens with one attached hydrogen (secondary N) is 2. The van der Waals surface area contributed by atoms with Crippen LogP contribution in [0.5, 0.6) is 17.2 Å². The fraction of sp³-hybridized carbons (Fsp3) is 0.167. The Hall–Kier alpha value is -3.04. The first-order valence-corrected chi connectivity index (χ1v) is 11.6. The molecule has 0 radical (unpaired) electrons. The van der Waals surface area contributed by atoms with Crippen LogP contribution in [0.3, 0.4) is 0 Å². The number of para-hydroxylation sites is 1. The number of anilines is 2. The SMILES string of the molecule is CC(C)c1cc(Oc2c(Br)cc(C(=O)NCC(=O)O)c(Nc3ccccc3)c2Br)ccc1[OH2+]. The zero-order chi connectivity index (χ0) is 24.1. The molecule has 0 bridgehead atoms. The van der Waals surface area contributed by atoms with E-state index in [9.17, 15) is 9.59 Å². The predicted molar refractivity (Wildman–Crippen MR) is 135 cm³/mol. The Bertz CT molecular complexity index is 1180. The van der Waals surface area contributed by atoms with E-state index in [0.717, 1.165) is 11.3 Å². The van der Waals surface area contributed by atoms with E-state index >= 15 is 0 Å². The Balaban J connectivity index is 2.06. The van der Waals surface area contributed by atoms with Gasteiger partial charge in [-0.25, -0.2) is 0 Å². The molecule has 0 unspecified atom stereocenters. The molecule has 33 heavy (non-hydrogen) atoms. The molecule has 9 heteroatoms. The van der Waals surface area contributed by atoms with Gasteiger partial charge in [0, 0.05) is 11.8 Å². The molecular weight excluding hydrogens is 556 g/mol. The molecule has 0 aliphatic carbocycles. The third-order valence-corrected chi connectivity index (χ3v) is 6.07. The van der Waals surface area contributed by atoms with Gasteiger partial charge in [0.05, 0.1) is 25.8 Å². The summed E-state index contributed by atoms with van der Waals surface area (Å²) in [6.07, 6.45) is 0. The molecule has 3 rings (SSSR count). The fourth-order valence-corrected chi connectivity index (χ4v) is 4.49. The smallest absolute Gasteiger partial charge is 0.322 e. The largest absolute Gasteiger partial charge is 0.593 e. The highest BCUT2D eigenvalue weighted by molar-refractivity contribution is 9.11. The average molecular weight is 579 g/mol. The summed E-state index contributed by atoms with van der Waals surface area (Å²) >= 11 is 7.03. The van der Waals surface area contributed by atoms with Crippen LogP contribution in [0, 0.1) is 0 Å². The molecule has 5 N–H and O–H groups in total. The fourth-order valence-electron chi connectivity index (χ4n) is 3.11. The van der Waals surface area contributed by atoms with Gasteiger partial charge < -0.3 is 25.6 Å². The molecule has 172 valence electrons. The zero-order valence-corrected chi connectivity index (χ0v) is 21.1. The highest BCUT2D eigenvalue weighted by Crippen LogP contribution is 2.45. The predicted octanol–water partition coefficient (Wildman–Crippen LogP) is 6.12. The van der Waals surface area contributed by atoms with Gasteiger partial charge in [0.25, 0.3) is 11.7 Å². The van der Waals surface area contributed by atoms with Crippen LogP contribution in [-0.4, -0.2) is 28.6 Å². The number of carboxylic acid groups (broad SMARTS) is 1. The summed E-state index contributed by atoms with van der Waals surface area (Å²) in [4.78, 5) is 23.7. The summed E-state index contributed by atoms with van der Waals surface area (Å²) in [6.45, 7) is 3.51. The van der Waals surface area contributed by atoms with Gasteiger partial charge in [0.2, 0.25) is 0 Å². The van der Waals surface area contributed by atoms with Crippen LogP contribution >= 0.6 is 31.9 Å². The van der Waals surface area contributed by atoms with E-state index in [4.69, 9.17) is 14.9 Å². The van der Waals surface area contributed by atoms with Crippen molar-refractivity contribution >= 4 is 55.1 Å². The molecule has 0 fully saturated rings. The Morgan fingerprint density at radius 2 is 1.79 bits per heavy atom. The molecule has 0 saturated heterocycles. The summed E-state index contributed by atoms with van der Waals surface area (Å²) < 4.78 is 7.12. The highest BCUT2D eigenvalue weighted by atomic mass is 79.9. The maximum absolute atomic E-state index is 12.8. The number of hydrogen-bond donors (Lipinski definition) is 3. The van der Waals surface area contributed by atoms with Crippen molar-refractivity contribution in [1.29, 1.82) is 0 Å². The Morgan fingerprint density at radius 1 is 1.09 bits per heavy atom. The number of rotatable bonds is 8. The highest BCUT2D eigenvalue weighted by Gasteiger charge is 2.23. The minimum atomic E-state index is -1.14. The number of carbonyl (C=O) groups excluding carboxylic acids is 1. The molecule has 0 aliphatic rings. The summed E-state index contributed by atoms with van der Waals surface area (Å²) in [5.41, 5.74) is 2.24. The number of halogens is 2. The number of amides is 1. The lowest BCUT2D eigenvalue weighted by Crippen LogP contribution is -2.29. The van der Waals surface area contributed by atoms with Crippen LogP contribution in [0.25, 0.3) is 0 Å².